The van der Waals surface area contributed by atoms with Gasteiger partial charge in [-0.15, -0.1) is 0 Å². The lowest BCUT2D eigenvalue weighted by molar-refractivity contribution is 0.151. The molecule has 1 saturated heterocycles. The van der Waals surface area contributed by atoms with Crippen molar-refractivity contribution in [2.24, 2.45) is 0 Å². The first-order chi connectivity index (χ1) is 7.24. The van der Waals surface area contributed by atoms with E-state index in [9.17, 15) is 0 Å². The maximum Gasteiger partial charge on any atom is 0.0474 e. The average molecular weight is 214 g/mol. The summed E-state index contributed by atoms with van der Waals surface area (Å²) >= 11 is 0. The van der Waals surface area contributed by atoms with Crippen LogP contribution in [0.25, 0.3) is 0 Å². The van der Waals surface area contributed by atoms with Crippen LogP contribution >= 0.6 is 0 Å². The minimum atomic E-state index is 0.643. The fraction of sp³-hybridized carbons (Fsp3) is 1.00. The lowest BCUT2D eigenvalue weighted by Crippen LogP contribution is -2.41. The molecule has 90 valence electrons. The minimum absolute atomic E-state index is 0.643. The Hall–Kier alpha value is -0.120. The summed E-state index contributed by atoms with van der Waals surface area (Å²) in [6.07, 6.45) is 3.82. The summed E-state index contributed by atoms with van der Waals surface area (Å²) in [5.74, 6) is 0. The van der Waals surface area contributed by atoms with Crippen molar-refractivity contribution in [3.05, 3.63) is 0 Å². The van der Waals surface area contributed by atoms with Crippen molar-refractivity contribution in [3.63, 3.8) is 0 Å². The van der Waals surface area contributed by atoms with Gasteiger partial charge in [0.2, 0.25) is 0 Å². The zero-order chi connectivity index (χ0) is 11.1. The quantitative estimate of drug-likeness (QED) is 0.650. The Bertz CT molecular complexity index is 156. The van der Waals surface area contributed by atoms with Crippen LogP contribution in [0.1, 0.15) is 33.1 Å². The molecule has 1 aliphatic rings. The van der Waals surface area contributed by atoms with E-state index in [2.05, 4.69) is 24.1 Å². The van der Waals surface area contributed by atoms with Crippen LogP contribution in [0.2, 0.25) is 0 Å². The molecule has 3 heteroatoms. The first-order valence-corrected chi connectivity index (χ1v) is 6.20. The second-order valence-corrected chi connectivity index (χ2v) is 4.73. The van der Waals surface area contributed by atoms with Gasteiger partial charge in [-0.2, -0.15) is 0 Å². The molecule has 1 atom stereocenters. The average Bonchev–Trinajstić information content (AvgIpc) is 2.69. The van der Waals surface area contributed by atoms with Gasteiger partial charge in [0, 0.05) is 38.9 Å². The normalized spacial score (nSPS) is 21.8. The van der Waals surface area contributed by atoms with Crippen molar-refractivity contribution in [3.8, 4) is 0 Å². The Morgan fingerprint density at radius 2 is 2.27 bits per heavy atom. The summed E-state index contributed by atoms with van der Waals surface area (Å²) in [6, 6.07) is 1.36. The summed E-state index contributed by atoms with van der Waals surface area (Å²) in [5, 5.41) is 3.56. The second-order valence-electron chi connectivity index (χ2n) is 4.73. The molecule has 15 heavy (non-hydrogen) atoms. The lowest BCUT2D eigenvalue weighted by Gasteiger charge is -2.29. The fourth-order valence-electron chi connectivity index (χ4n) is 2.17. The molecule has 3 nitrogen and oxygen atoms in total. The summed E-state index contributed by atoms with van der Waals surface area (Å²) < 4.78 is 5.10. The predicted octanol–water partition coefficient (Wildman–Crippen LogP) is 1.49. The molecule has 0 amide bonds. The minimum Gasteiger partial charge on any atom is -0.385 e. The van der Waals surface area contributed by atoms with Crippen LogP contribution in [-0.2, 0) is 4.74 Å². The Kier molecular flexibility index (Phi) is 6.22. The summed E-state index contributed by atoms with van der Waals surface area (Å²) in [4.78, 5) is 2.56. The highest BCUT2D eigenvalue weighted by Gasteiger charge is 2.18. The monoisotopic (exact) mass is 214 g/mol. The van der Waals surface area contributed by atoms with E-state index in [0.717, 1.165) is 25.6 Å². The molecule has 1 aliphatic heterocycles. The van der Waals surface area contributed by atoms with E-state index in [1.807, 2.05) is 0 Å². The number of methoxy groups -OCH3 is 1. The number of hydrogen-bond acceptors (Lipinski definition) is 3. The van der Waals surface area contributed by atoms with Crippen molar-refractivity contribution in [1.29, 1.82) is 0 Å². The molecule has 0 aromatic carbocycles. The Morgan fingerprint density at radius 1 is 1.47 bits per heavy atom. The predicted molar refractivity (Wildman–Crippen MR) is 64.2 cm³/mol. The fourth-order valence-corrected chi connectivity index (χ4v) is 2.17. The zero-order valence-electron chi connectivity index (χ0n) is 10.5. The van der Waals surface area contributed by atoms with Gasteiger partial charge < -0.3 is 10.1 Å². The molecule has 1 heterocycles. The third-order valence-corrected chi connectivity index (χ3v) is 3.14. The van der Waals surface area contributed by atoms with Crippen molar-refractivity contribution in [1.82, 2.24) is 10.2 Å². The number of nitrogens with zero attached hydrogens (tertiary/aromatic N) is 1. The highest BCUT2D eigenvalue weighted by Crippen LogP contribution is 2.09. The molecule has 1 rings (SSSR count). The number of ether oxygens (including phenoxy) is 1. The molecule has 0 aliphatic carbocycles. The summed E-state index contributed by atoms with van der Waals surface area (Å²) in [6.45, 7) is 8.99. The molecule has 0 aromatic rings. The third-order valence-electron chi connectivity index (χ3n) is 3.14. The molecule has 0 saturated carbocycles. The molecule has 1 unspecified atom stereocenters. The van der Waals surface area contributed by atoms with Gasteiger partial charge in [-0.05, 0) is 39.7 Å². The topological polar surface area (TPSA) is 24.5 Å². The van der Waals surface area contributed by atoms with Crippen LogP contribution in [0.5, 0.6) is 0 Å². The summed E-state index contributed by atoms with van der Waals surface area (Å²) in [5.41, 5.74) is 0. The van der Waals surface area contributed by atoms with Crippen molar-refractivity contribution >= 4 is 0 Å². The van der Waals surface area contributed by atoms with Crippen molar-refractivity contribution < 1.29 is 4.74 Å². The van der Waals surface area contributed by atoms with E-state index in [-0.39, 0.29) is 0 Å². The van der Waals surface area contributed by atoms with Crippen molar-refractivity contribution in [2.45, 2.75) is 45.2 Å². The van der Waals surface area contributed by atoms with Crippen LogP contribution in [0, 0.1) is 0 Å². The van der Waals surface area contributed by atoms with Crippen LogP contribution in [-0.4, -0.2) is 50.3 Å². The molecule has 0 bridgehead atoms. The first kappa shape index (κ1) is 12.9. The van der Waals surface area contributed by atoms with E-state index >= 15 is 0 Å². The molecule has 0 spiro atoms. The zero-order valence-corrected chi connectivity index (χ0v) is 10.5. The van der Waals surface area contributed by atoms with Gasteiger partial charge in [0.15, 0.2) is 0 Å². The standard InChI is InChI=1S/C12H26N2O/c1-11(2)14(8-5-9-15-3)10-12-6-4-7-13-12/h11-13H,4-10H2,1-3H3. The van der Waals surface area contributed by atoms with Crippen molar-refractivity contribution in [2.75, 3.05) is 33.4 Å². The largest absolute Gasteiger partial charge is 0.385 e. The third kappa shape index (κ3) is 4.96. The van der Waals surface area contributed by atoms with Gasteiger partial charge >= 0.3 is 0 Å². The molecule has 1 fully saturated rings. The van der Waals surface area contributed by atoms with Crippen LogP contribution in [0.15, 0.2) is 0 Å². The molecule has 0 radical (unpaired) electrons. The van der Waals surface area contributed by atoms with Crippen LogP contribution in [0.3, 0.4) is 0 Å². The Morgan fingerprint density at radius 3 is 2.80 bits per heavy atom. The number of hydrogen-bond donors (Lipinski definition) is 1. The highest BCUT2D eigenvalue weighted by molar-refractivity contribution is 4.79. The molecular formula is C12H26N2O. The molecule has 1 N–H and O–H groups in total. The van der Waals surface area contributed by atoms with Gasteiger partial charge in [0.1, 0.15) is 0 Å². The number of rotatable bonds is 7. The van der Waals surface area contributed by atoms with Crippen LogP contribution in [0.4, 0.5) is 0 Å². The van der Waals surface area contributed by atoms with Gasteiger partial charge in [-0.1, -0.05) is 0 Å². The molecule has 0 aromatic heterocycles. The lowest BCUT2D eigenvalue weighted by atomic mass is 10.2. The Labute approximate surface area is 94.2 Å². The second kappa shape index (κ2) is 7.20. The van der Waals surface area contributed by atoms with Gasteiger partial charge in [0.25, 0.3) is 0 Å². The smallest absolute Gasteiger partial charge is 0.0474 e. The Balaban J connectivity index is 2.22. The SMILES string of the molecule is COCCCN(CC1CCCN1)C(C)C. The highest BCUT2D eigenvalue weighted by atomic mass is 16.5. The van der Waals surface area contributed by atoms with Gasteiger partial charge in [-0.25, -0.2) is 0 Å². The van der Waals surface area contributed by atoms with E-state index in [1.54, 1.807) is 7.11 Å². The maximum absolute atomic E-state index is 5.10. The first-order valence-electron chi connectivity index (χ1n) is 6.20. The van der Waals surface area contributed by atoms with E-state index in [0.29, 0.717) is 6.04 Å². The van der Waals surface area contributed by atoms with Crippen LogP contribution < -0.4 is 5.32 Å². The maximum atomic E-state index is 5.10. The van der Waals surface area contributed by atoms with E-state index in [1.165, 1.54) is 25.9 Å². The van der Waals surface area contributed by atoms with Gasteiger partial charge in [-0.3, -0.25) is 4.90 Å². The van der Waals surface area contributed by atoms with E-state index in [4.69, 9.17) is 4.74 Å². The number of nitrogens with one attached hydrogen (secondary N) is 1. The van der Waals surface area contributed by atoms with Gasteiger partial charge in [0.05, 0.1) is 0 Å². The molecular weight excluding hydrogens is 188 g/mol. The van der Waals surface area contributed by atoms with E-state index < -0.39 is 0 Å². The summed E-state index contributed by atoms with van der Waals surface area (Å²) in [7, 11) is 1.78.